The van der Waals surface area contributed by atoms with Gasteiger partial charge in [-0.15, -0.1) is 0 Å². The quantitative estimate of drug-likeness (QED) is 0.904. The largest absolute Gasteiger partial charge is 0.507 e. The summed E-state index contributed by atoms with van der Waals surface area (Å²) in [5.74, 6) is -1.35. The number of phenols is 1. The topological polar surface area (TPSA) is 91.7 Å². The summed E-state index contributed by atoms with van der Waals surface area (Å²) in [5, 5.41) is 18.7. The summed E-state index contributed by atoms with van der Waals surface area (Å²) >= 11 is 0. The lowest BCUT2D eigenvalue weighted by molar-refractivity contribution is 0.0696. The summed E-state index contributed by atoms with van der Waals surface area (Å²) < 4.78 is 23.0. The SMILES string of the molecule is CS(=O)(=O)c1cccc(-c2ccc(C(=O)O)cc2O)c1. The molecule has 0 atom stereocenters. The van der Waals surface area contributed by atoms with E-state index >= 15 is 0 Å². The molecule has 2 aromatic carbocycles. The summed E-state index contributed by atoms with van der Waals surface area (Å²) in [6.45, 7) is 0. The number of benzene rings is 2. The van der Waals surface area contributed by atoms with Crippen LogP contribution in [0.4, 0.5) is 0 Å². The van der Waals surface area contributed by atoms with Gasteiger partial charge >= 0.3 is 5.97 Å². The van der Waals surface area contributed by atoms with Crippen molar-refractivity contribution < 1.29 is 23.4 Å². The van der Waals surface area contributed by atoms with Crippen molar-refractivity contribution >= 4 is 15.8 Å². The molecule has 0 aliphatic heterocycles. The minimum atomic E-state index is -3.34. The van der Waals surface area contributed by atoms with E-state index in [9.17, 15) is 18.3 Å². The van der Waals surface area contributed by atoms with Crippen molar-refractivity contribution in [2.24, 2.45) is 0 Å². The second kappa shape index (κ2) is 4.97. The van der Waals surface area contributed by atoms with Crippen LogP contribution < -0.4 is 0 Å². The number of aromatic carboxylic acids is 1. The van der Waals surface area contributed by atoms with Gasteiger partial charge in [0.2, 0.25) is 0 Å². The summed E-state index contributed by atoms with van der Waals surface area (Å²) in [6, 6.07) is 10.0. The number of hydrogen-bond donors (Lipinski definition) is 2. The number of carboxylic acid groups (broad SMARTS) is 1. The van der Waals surface area contributed by atoms with Crippen LogP contribution in [0.15, 0.2) is 47.4 Å². The first kappa shape index (κ1) is 14.1. The molecule has 104 valence electrons. The van der Waals surface area contributed by atoms with Crippen LogP contribution in [0.25, 0.3) is 11.1 Å². The van der Waals surface area contributed by atoms with Crippen LogP contribution in [0.5, 0.6) is 5.75 Å². The highest BCUT2D eigenvalue weighted by Gasteiger charge is 2.12. The molecule has 0 spiro atoms. The standard InChI is InChI=1S/C14H12O5S/c1-20(18,19)11-4-2-3-9(7-11)12-6-5-10(14(16)17)8-13(12)15/h2-8,15H,1H3,(H,16,17). The molecule has 0 saturated heterocycles. The molecule has 0 radical (unpaired) electrons. The van der Waals surface area contributed by atoms with Crippen molar-refractivity contribution in [3.05, 3.63) is 48.0 Å². The Morgan fingerprint density at radius 1 is 1.10 bits per heavy atom. The number of sulfone groups is 1. The zero-order valence-electron chi connectivity index (χ0n) is 10.6. The Bertz CT molecular complexity index is 778. The van der Waals surface area contributed by atoms with Gasteiger partial charge in [-0.25, -0.2) is 13.2 Å². The first-order valence-corrected chi connectivity index (χ1v) is 7.55. The Labute approximate surface area is 116 Å². The van der Waals surface area contributed by atoms with Gasteiger partial charge in [-0.05, 0) is 35.9 Å². The molecule has 0 amide bonds. The van der Waals surface area contributed by atoms with E-state index in [2.05, 4.69) is 0 Å². The van der Waals surface area contributed by atoms with Crippen LogP contribution in [0, 0.1) is 0 Å². The third-order valence-electron chi connectivity index (χ3n) is 2.82. The van der Waals surface area contributed by atoms with Gasteiger partial charge in [0, 0.05) is 11.8 Å². The van der Waals surface area contributed by atoms with Crippen molar-refractivity contribution in [3.8, 4) is 16.9 Å². The van der Waals surface area contributed by atoms with E-state index in [1.807, 2.05) is 0 Å². The van der Waals surface area contributed by atoms with Gasteiger partial charge in [-0.2, -0.15) is 0 Å². The smallest absolute Gasteiger partial charge is 0.335 e. The lowest BCUT2D eigenvalue weighted by Crippen LogP contribution is -1.98. The molecule has 0 unspecified atom stereocenters. The van der Waals surface area contributed by atoms with Gasteiger partial charge in [0.15, 0.2) is 9.84 Å². The van der Waals surface area contributed by atoms with Crippen LogP contribution in [0.2, 0.25) is 0 Å². The second-order valence-corrected chi connectivity index (χ2v) is 6.35. The predicted octanol–water partition coefficient (Wildman–Crippen LogP) is 2.16. The first-order valence-electron chi connectivity index (χ1n) is 5.66. The van der Waals surface area contributed by atoms with Crippen molar-refractivity contribution in [1.82, 2.24) is 0 Å². The summed E-state index contributed by atoms with van der Waals surface area (Å²) in [5.41, 5.74) is 0.841. The number of hydrogen-bond acceptors (Lipinski definition) is 4. The molecule has 0 aliphatic carbocycles. The molecule has 2 aromatic rings. The van der Waals surface area contributed by atoms with Crippen LogP contribution in [-0.4, -0.2) is 30.9 Å². The molecule has 5 nitrogen and oxygen atoms in total. The molecule has 20 heavy (non-hydrogen) atoms. The minimum Gasteiger partial charge on any atom is -0.507 e. The van der Waals surface area contributed by atoms with Crippen molar-refractivity contribution in [2.75, 3.05) is 6.26 Å². The van der Waals surface area contributed by atoms with Crippen LogP contribution in [0.3, 0.4) is 0 Å². The molecule has 0 bridgehead atoms. The molecule has 0 aromatic heterocycles. The Balaban J connectivity index is 2.55. The monoisotopic (exact) mass is 292 g/mol. The normalized spacial score (nSPS) is 11.2. The van der Waals surface area contributed by atoms with E-state index in [4.69, 9.17) is 5.11 Å². The molecular formula is C14H12O5S. The maximum atomic E-state index is 11.5. The van der Waals surface area contributed by atoms with E-state index < -0.39 is 15.8 Å². The van der Waals surface area contributed by atoms with E-state index in [1.54, 1.807) is 12.1 Å². The molecule has 6 heteroatoms. The van der Waals surface area contributed by atoms with Crippen LogP contribution >= 0.6 is 0 Å². The summed E-state index contributed by atoms with van der Waals surface area (Å²) in [7, 11) is -3.34. The van der Waals surface area contributed by atoms with Gasteiger partial charge in [0.05, 0.1) is 10.5 Å². The highest BCUT2D eigenvalue weighted by atomic mass is 32.2. The molecule has 0 saturated carbocycles. The number of carbonyl (C=O) groups is 1. The Kier molecular flexibility index (Phi) is 3.50. The van der Waals surface area contributed by atoms with Gasteiger partial charge in [-0.1, -0.05) is 12.1 Å². The average Bonchev–Trinajstić information content (AvgIpc) is 2.37. The number of rotatable bonds is 3. The van der Waals surface area contributed by atoms with E-state index in [1.165, 1.54) is 24.3 Å². The van der Waals surface area contributed by atoms with E-state index in [0.29, 0.717) is 11.1 Å². The zero-order valence-corrected chi connectivity index (χ0v) is 11.4. The van der Waals surface area contributed by atoms with Crippen molar-refractivity contribution in [2.45, 2.75) is 4.90 Å². The average molecular weight is 292 g/mol. The van der Waals surface area contributed by atoms with Gasteiger partial charge in [0.25, 0.3) is 0 Å². The van der Waals surface area contributed by atoms with Crippen LogP contribution in [0.1, 0.15) is 10.4 Å². The minimum absolute atomic E-state index is 0.0366. The molecular weight excluding hydrogens is 280 g/mol. The molecule has 2 rings (SSSR count). The molecule has 0 heterocycles. The second-order valence-electron chi connectivity index (χ2n) is 4.34. The fraction of sp³-hybridized carbons (Fsp3) is 0.0714. The third-order valence-corrected chi connectivity index (χ3v) is 3.93. The summed E-state index contributed by atoms with van der Waals surface area (Å²) in [4.78, 5) is 10.9. The fourth-order valence-corrected chi connectivity index (χ4v) is 2.47. The lowest BCUT2D eigenvalue weighted by atomic mass is 10.0. The zero-order chi connectivity index (χ0) is 14.9. The third kappa shape index (κ3) is 2.80. The highest BCUT2D eigenvalue weighted by Crippen LogP contribution is 2.31. The Morgan fingerprint density at radius 2 is 1.80 bits per heavy atom. The van der Waals surface area contributed by atoms with Gasteiger partial charge < -0.3 is 10.2 Å². The van der Waals surface area contributed by atoms with Gasteiger partial charge in [0.1, 0.15) is 5.75 Å². The van der Waals surface area contributed by atoms with Crippen molar-refractivity contribution in [1.29, 1.82) is 0 Å². The molecule has 0 aliphatic rings. The molecule has 0 fully saturated rings. The fourth-order valence-electron chi connectivity index (χ4n) is 1.80. The Morgan fingerprint density at radius 3 is 2.35 bits per heavy atom. The van der Waals surface area contributed by atoms with E-state index in [-0.39, 0.29) is 16.2 Å². The number of aromatic hydroxyl groups is 1. The van der Waals surface area contributed by atoms with E-state index in [0.717, 1.165) is 12.3 Å². The maximum Gasteiger partial charge on any atom is 0.335 e. The highest BCUT2D eigenvalue weighted by molar-refractivity contribution is 7.90. The summed E-state index contributed by atoms with van der Waals surface area (Å²) in [6.07, 6.45) is 1.10. The first-order chi connectivity index (χ1) is 9.29. The Hall–Kier alpha value is -2.34. The van der Waals surface area contributed by atoms with Crippen molar-refractivity contribution in [3.63, 3.8) is 0 Å². The number of carboxylic acids is 1. The predicted molar refractivity (Wildman–Crippen MR) is 73.6 cm³/mol. The maximum absolute atomic E-state index is 11.5. The number of phenolic OH excluding ortho intramolecular Hbond substituents is 1. The van der Waals surface area contributed by atoms with Crippen LogP contribution in [-0.2, 0) is 9.84 Å². The molecule has 2 N–H and O–H groups in total. The van der Waals surface area contributed by atoms with Gasteiger partial charge in [-0.3, -0.25) is 0 Å². The lowest BCUT2D eigenvalue weighted by Gasteiger charge is -2.07.